The first kappa shape index (κ1) is 20.6. The number of piperazine rings is 1. The first-order chi connectivity index (χ1) is 13.2. The predicted molar refractivity (Wildman–Crippen MR) is 102 cm³/mol. The van der Waals surface area contributed by atoms with Crippen LogP contribution in [-0.2, 0) is 11.0 Å². The standard InChI is InChI=1S/C18H17ClF3N3O2S/c19-14-4-3-12(10-13(14)18(20,21)22)23-16(26)11-24-5-7-25(8-6-24)17(27)15-2-1-9-28-15/h1-4,9-10H,5-8,11H2,(H,23,26). The van der Waals surface area contributed by atoms with Gasteiger partial charge in [-0.05, 0) is 29.6 Å². The fraction of sp³-hybridized carbons (Fsp3) is 0.333. The lowest BCUT2D eigenvalue weighted by Crippen LogP contribution is -2.50. The van der Waals surface area contributed by atoms with E-state index in [2.05, 4.69) is 5.32 Å². The third kappa shape index (κ3) is 5.03. The van der Waals surface area contributed by atoms with Gasteiger partial charge in [-0.3, -0.25) is 14.5 Å². The summed E-state index contributed by atoms with van der Waals surface area (Å²) in [5, 5.41) is 3.89. The molecular weight excluding hydrogens is 415 g/mol. The van der Waals surface area contributed by atoms with E-state index < -0.39 is 22.7 Å². The number of nitrogens with one attached hydrogen (secondary N) is 1. The monoisotopic (exact) mass is 431 g/mol. The van der Waals surface area contributed by atoms with E-state index in [0.717, 1.165) is 12.1 Å². The Hall–Kier alpha value is -2.10. The fourth-order valence-corrected chi connectivity index (χ4v) is 3.80. The third-order valence-electron chi connectivity index (χ3n) is 4.31. The average molecular weight is 432 g/mol. The predicted octanol–water partition coefficient (Wildman–Crippen LogP) is 3.82. The number of carbonyl (C=O) groups is 2. The van der Waals surface area contributed by atoms with Crippen LogP contribution in [0.4, 0.5) is 18.9 Å². The molecule has 2 aromatic rings. The van der Waals surface area contributed by atoms with Crippen LogP contribution in [0.25, 0.3) is 0 Å². The van der Waals surface area contributed by atoms with E-state index in [1.165, 1.54) is 17.4 Å². The van der Waals surface area contributed by atoms with Gasteiger partial charge in [0.25, 0.3) is 5.91 Å². The summed E-state index contributed by atoms with van der Waals surface area (Å²) in [6.45, 7) is 2.04. The summed E-state index contributed by atoms with van der Waals surface area (Å²) < 4.78 is 38.7. The summed E-state index contributed by atoms with van der Waals surface area (Å²) >= 11 is 6.96. The van der Waals surface area contributed by atoms with Crippen molar-refractivity contribution in [1.82, 2.24) is 9.80 Å². The van der Waals surface area contributed by atoms with Crippen LogP contribution in [0.2, 0.25) is 5.02 Å². The van der Waals surface area contributed by atoms with E-state index in [-0.39, 0.29) is 18.1 Å². The zero-order valence-electron chi connectivity index (χ0n) is 14.6. The highest BCUT2D eigenvalue weighted by atomic mass is 35.5. The Morgan fingerprint density at radius 2 is 1.86 bits per heavy atom. The quantitative estimate of drug-likeness (QED) is 0.800. The van der Waals surface area contributed by atoms with Gasteiger partial charge in [-0.1, -0.05) is 17.7 Å². The number of alkyl halides is 3. The first-order valence-electron chi connectivity index (χ1n) is 8.46. The molecule has 1 fully saturated rings. The van der Waals surface area contributed by atoms with Crippen molar-refractivity contribution in [2.75, 3.05) is 38.0 Å². The van der Waals surface area contributed by atoms with E-state index in [9.17, 15) is 22.8 Å². The molecule has 1 saturated heterocycles. The van der Waals surface area contributed by atoms with Crippen LogP contribution in [0.3, 0.4) is 0 Å². The molecule has 0 unspecified atom stereocenters. The van der Waals surface area contributed by atoms with E-state index in [0.29, 0.717) is 31.1 Å². The molecule has 3 rings (SSSR count). The minimum absolute atomic E-state index is 0.0278. The third-order valence-corrected chi connectivity index (χ3v) is 5.50. The Morgan fingerprint density at radius 3 is 2.46 bits per heavy atom. The molecule has 0 aliphatic carbocycles. The van der Waals surface area contributed by atoms with Crippen molar-refractivity contribution in [1.29, 1.82) is 0 Å². The van der Waals surface area contributed by atoms with Gasteiger partial charge in [-0.25, -0.2) is 0 Å². The zero-order chi connectivity index (χ0) is 20.3. The summed E-state index contributed by atoms with van der Waals surface area (Å²) in [5.74, 6) is -0.451. The SMILES string of the molecule is O=C(CN1CCN(C(=O)c2cccs2)CC1)Nc1ccc(Cl)c(C(F)(F)F)c1. The van der Waals surface area contributed by atoms with Gasteiger partial charge in [0.2, 0.25) is 5.91 Å². The van der Waals surface area contributed by atoms with E-state index in [4.69, 9.17) is 11.6 Å². The van der Waals surface area contributed by atoms with Gasteiger partial charge in [0, 0.05) is 31.9 Å². The van der Waals surface area contributed by atoms with E-state index >= 15 is 0 Å². The maximum atomic E-state index is 12.9. The van der Waals surface area contributed by atoms with E-state index in [1.807, 2.05) is 16.3 Å². The summed E-state index contributed by atoms with van der Waals surface area (Å²) in [6, 6.07) is 6.84. The minimum atomic E-state index is -4.59. The Balaban J connectivity index is 1.52. The van der Waals surface area contributed by atoms with E-state index in [1.54, 1.807) is 11.0 Å². The van der Waals surface area contributed by atoms with Crippen LogP contribution in [0.15, 0.2) is 35.7 Å². The maximum absolute atomic E-state index is 12.9. The second-order valence-corrected chi connectivity index (χ2v) is 7.64. The van der Waals surface area contributed by atoms with Crippen molar-refractivity contribution < 1.29 is 22.8 Å². The van der Waals surface area contributed by atoms with Crippen LogP contribution < -0.4 is 5.32 Å². The number of hydrogen-bond acceptors (Lipinski definition) is 4. The van der Waals surface area contributed by atoms with Gasteiger partial charge in [-0.2, -0.15) is 13.2 Å². The number of hydrogen-bond donors (Lipinski definition) is 1. The summed E-state index contributed by atoms with van der Waals surface area (Å²) in [5.41, 5.74) is -0.957. The average Bonchev–Trinajstić information content (AvgIpc) is 3.17. The lowest BCUT2D eigenvalue weighted by atomic mass is 10.2. The molecule has 1 aliphatic heterocycles. The molecule has 1 aliphatic rings. The van der Waals surface area contributed by atoms with Crippen molar-refractivity contribution >= 4 is 40.4 Å². The van der Waals surface area contributed by atoms with Crippen molar-refractivity contribution in [3.05, 3.63) is 51.2 Å². The Bertz CT molecular complexity index is 850. The fourth-order valence-electron chi connectivity index (χ4n) is 2.89. The molecule has 10 heteroatoms. The second kappa shape index (κ2) is 8.50. The van der Waals surface area contributed by atoms with Gasteiger partial charge in [-0.15, -0.1) is 11.3 Å². The second-order valence-electron chi connectivity index (χ2n) is 6.29. The van der Waals surface area contributed by atoms with Crippen LogP contribution in [0.1, 0.15) is 15.2 Å². The summed E-state index contributed by atoms with van der Waals surface area (Å²) in [4.78, 5) is 28.8. The molecule has 1 N–H and O–H groups in total. The number of rotatable bonds is 4. The lowest BCUT2D eigenvalue weighted by molar-refractivity contribution is -0.137. The van der Waals surface area contributed by atoms with Gasteiger partial charge in [0.05, 0.1) is 22.0 Å². The van der Waals surface area contributed by atoms with Gasteiger partial charge < -0.3 is 10.2 Å². The number of anilines is 1. The molecule has 0 radical (unpaired) electrons. The number of halogens is 4. The highest BCUT2D eigenvalue weighted by Crippen LogP contribution is 2.36. The molecule has 1 aromatic carbocycles. The molecule has 1 aromatic heterocycles. The minimum Gasteiger partial charge on any atom is -0.335 e. The molecule has 0 saturated carbocycles. The summed E-state index contributed by atoms with van der Waals surface area (Å²) in [7, 11) is 0. The highest BCUT2D eigenvalue weighted by molar-refractivity contribution is 7.12. The smallest absolute Gasteiger partial charge is 0.335 e. The lowest BCUT2D eigenvalue weighted by Gasteiger charge is -2.34. The number of nitrogens with zero attached hydrogens (tertiary/aromatic N) is 2. The molecular formula is C18H17ClF3N3O2S. The molecule has 0 bridgehead atoms. The van der Waals surface area contributed by atoms with Crippen molar-refractivity contribution in [2.45, 2.75) is 6.18 Å². The van der Waals surface area contributed by atoms with Crippen molar-refractivity contribution in [3.8, 4) is 0 Å². The van der Waals surface area contributed by atoms with Gasteiger partial charge in [0.15, 0.2) is 0 Å². The number of amides is 2. The van der Waals surface area contributed by atoms with Gasteiger partial charge >= 0.3 is 6.18 Å². The van der Waals surface area contributed by atoms with Crippen molar-refractivity contribution in [2.24, 2.45) is 0 Å². The molecule has 2 amide bonds. The number of thiophene rings is 1. The topological polar surface area (TPSA) is 52.7 Å². The molecule has 0 atom stereocenters. The van der Waals surface area contributed by atoms with Crippen LogP contribution in [-0.4, -0.2) is 54.3 Å². The molecule has 28 heavy (non-hydrogen) atoms. The number of benzene rings is 1. The molecule has 2 heterocycles. The van der Waals surface area contributed by atoms with Crippen LogP contribution >= 0.6 is 22.9 Å². The van der Waals surface area contributed by atoms with Crippen molar-refractivity contribution in [3.63, 3.8) is 0 Å². The number of carbonyl (C=O) groups excluding carboxylic acids is 2. The Morgan fingerprint density at radius 1 is 1.14 bits per heavy atom. The normalized spacial score (nSPS) is 15.5. The van der Waals surface area contributed by atoms with Crippen LogP contribution in [0.5, 0.6) is 0 Å². The Labute approximate surface area is 168 Å². The highest BCUT2D eigenvalue weighted by Gasteiger charge is 2.33. The summed E-state index contributed by atoms with van der Waals surface area (Å²) in [6.07, 6.45) is -4.59. The first-order valence-corrected chi connectivity index (χ1v) is 9.71. The Kier molecular flexibility index (Phi) is 6.26. The van der Waals surface area contributed by atoms with Crippen LogP contribution in [0, 0.1) is 0 Å². The molecule has 5 nitrogen and oxygen atoms in total. The maximum Gasteiger partial charge on any atom is 0.417 e. The zero-order valence-corrected chi connectivity index (χ0v) is 16.2. The van der Waals surface area contributed by atoms with Gasteiger partial charge in [0.1, 0.15) is 0 Å². The largest absolute Gasteiger partial charge is 0.417 e. The molecule has 150 valence electrons. The molecule has 0 spiro atoms.